The molecule has 1 heterocycles. The van der Waals surface area contributed by atoms with Crippen LogP contribution in [0.4, 0.5) is 0 Å². The van der Waals surface area contributed by atoms with Crippen LogP contribution in [0.3, 0.4) is 0 Å². The van der Waals surface area contributed by atoms with Gasteiger partial charge in [0.2, 0.25) is 0 Å². The van der Waals surface area contributed by atoms with Crippen LogP contribution in [0.2, 0.25) is 0 Å². The Hall–Kier alpha value is -1.36. The highest BCUT2D eigenvalue weighted by Gasteiger charge is 2.04. The first kappa shape index (κ1) is 6.76. The summed E-state index contributed by atoms with van der Waals surface area (Å²) < 4.78 is 0. The quantitative estimate of drug-likeness (QED) is 0.524. The van der Waals surface area contributed by atoms with E-state index >= 15 is 0 Å². The van der Waals surface area contributed by atoms with Gasteiger partial charge in [-0.25, -0.2) is 9.78 Å². The van der Waals surface area contributed by atoms with Gasteiger partial charge in [0.15, 0.2) is 0 Å². The average Bonchev–Trinajstić information content (AvgIpc) is 2.34. The van der Waals surface area contributed by atoms with Crippen molar-refractivity contribution >= 4 is 5.97 Å². The number of aromatic amines is 1. The molecule has 0 aliphatic heterocycles. The molecule has 0 unspecified atom stereocenters. The molecule has 0 amide bonds. The standard InChI is InChI=1S/C5H6N2O3/c8-2-4-6-1-3(7-4)5(9)10/h1,8H,2H2,(H,6,7)(H,9,10). The van der Waals surface area contributed by atoms with Gasteiger partial charge in [0.25, 0.3) is 0 Å². The Morgan fingerprint density at radius 2 is 2.50 bits per heavy atom. The van der Waals surface area contributed by atoms with Crippen LogP contribution in [0.15, 0.2) is 6.20 Å². The predicted octanol–water partition coefficient (Wildman–Crippen LogP) is -0.400. The maximum atomic E-state index is 10.2. The fourth-order valence-electron chi connectivity index (χ4n) is 0.552. The largest absolute Gasteiger partial charge is 0.477 e. The first-order valence-electron chi connectivity index (χ1n) is 2.62. The van der Waals surface area contributed by atoms with E-state index in [1.54, 1.807) is 0 Å². The van der Waals surface area contributed by atoms with Crippen LogP contribution in [0.1, 0.15) is 16.3 Å². The molecule has 5 nitrogen and oxygen atoms in total. The van der Waals surface area contributed by atoms with Gasteiger partial charge in [-0.2, -0.15) is 0 Å². The topological polar surface area (TPSA) is 86.2 Å². The highest BCUT2D eigenvalue weighted by atomic mass is 16.4. The number of rotatable bonds is 2. The summed E-state index contributed by atoms with van der Waals surface area (Å²) >= 11 is 0. The molecule has 1 aromatic rings. The Morgan fingerprint density at radius 1 is 1.80 bits per heavy atom. The second-order valence-corrected chi connectivity index (χ2v) is 1.71. The van der Waals surface area contributed by atoms with Gasteiger partial charge < -0.3 is 15.2 Å². The SMILES string of the molecule is O=C(O)c1cnc(CO)[nH]1. The second kappa shape index (κ2) is 2.49. The lowest BCUT2D eigenvalue weighted by Gasteiger charge is -1.84. The van der Waals surface area contributed by atoms with Crippen molar-refractivity contribution in [1.82, 2.24) is 9.97 Å². The predicted molar refractivity (Wildman–Crippen MR) is 31.5 cm³/mol. The van der Waals surface area contributed by atoms with Gasteiger partial charge in [-0.15, -0.1) is 0 Å². The average molecular weight is 142 g/mol. The molecule has 1 aromatic heterocycles. The maximum Gasteiger partial charge on any atom is 0.353 e. The number of nitrogens with zero attached hydrogens (tertiary/aromatic N) is 1. The van der Waals surface area contributed by atoms with Crippen LogP contribution in [0, 0.1) is 0 Å². The lowest BCUT2D eigenvalue weighted by Crippen LogP contribution is -1.96. The molecule has 0 aliphatic carbocycles. The zero-order chi connectivity index (χ0) is 7.56. The van der Waals surface area contributed by atoms with Gasteiger partial charge in [0, 0.05) is 0 Å². The van der Waals surface area contributed by atoms with Gasteiger partial charge in [-0.3, -0.25) is 0 Å². The summed E-state index contributed by atoms with van der Waals surface area (Å²) in [5.41, 5.74) is -0.0101. The number of aliphatic hydroxyl groups is 1. The van der Waals surface area contributed by atoms with Crippen LogP contribution in [0.25, 0.3) is 0 Å². The Morgan fingerprint density at radius 3 is 2.80 bits per heavy atom. The summed E-state index contributed by atoms with van der Waals surface area (Å²) in [5, 5.41) is 16.8. The molecular formula is C5H6N2O3. The first-order chi connectivity index (χ1) is 4.74. The molecule has 3 N–H and O–H groups in total. The minimum Gasteiger partial charge on any atom is -0.477 e. The summed E-state index contributed by atoms with van der Waals surface area (Å²) in [6, 6.07) is 0. The van der Waals surface area contributed by atoms with Crippen molar-refractivity contribution in [2.24, 2.45) is 0 Å². The molecule has 0 atom stereocenters. The van der Waals surface area contributed by atoms with Crippen molar-refractivity contribution in [3.05, 3.63) is 17.7 Å². The Balaban J connectivity index is 2.88. The Labute approximate surface area is 56.3 Å². The number of hydrogen-bond acceptors (Lipinski definition) is 3. The van der Waals surface area contributed by atoms with Gasteiger partial charge in [-0.1, -0.05) is 0 Å². The summed E-state index contributed by atoms with van der Waals surface area (Å²) in [6.45, 7) is -0.271. The third-order valence-corrected chi connectivity index (χ3v) is 1.01. The molecule has 0 aliphatic rings. The smallest absolute Gasteiger partial charge is 0.353 e. The van der Waals surface area contributed by atoms with Crippen LogP contribution >= 0.6 is 0 Å². The minimum absolute atomic E-state index is 0.0101. The van der Waals surface area contributed by atoms with E-state index in [4.69, 9.17) is 10.2 Å². The van der Waals surface area contributed by atoms with Gasteiger partial charge in [0.1, 0.15) is 18.1 Å². The molecule has 0 saturated heterocycles. The number of aliphatic hydroxyl groups excluding tert-OH is 1. The third kappa shape index (κ3) is 1.14. The van der Waals surface area contributed by atoms with E-state index in [-0.39, 0.29) is 18.1 Å². The number of H-pyrrole nitrogens is 1. The molecule has 0 fully saturated rings. The molecule has 1 rings (SSSR count). The van der Waals surface area contributed by atoms with Crippen LogP contribution < -0.4 is 0 Å². The highest BCUT2D eigenvalue weighted by Crippen LogP contribution is 1.95. The van der Waals surface area contributed by atoms with E-state index < -0.39 is 5.97 Å². The molecule has 10 heavy (non-hydrogen) atoms. The third-order valence-electron chi connectivity index (χ3n) is 1.01. The van der Waals surface area contributed by atoms with Crippen LogP contribution in [-0.4, -0.2) is 26.2 Å². The number of carbonyl (C=O) groups is 1. The molecule has 0 aromatic carbocycles. The van der Waals surface area contributed by atoms with Crippen molar-refractivity contribution < 1.29 is 15.0 Å². The van der Waals surface area contributed by atoms with Crippen molar-refractivity contribution in [2.45, 2.75) is 6.61 Å². The molecule has 0 radical (unpaired) electrons. The zero-order valence-corrected chi connectivity index (χ0v) is 5.03. The minimum atomic E-state index is -1.08. The van der Waals surface area contributed by atoms with Crippen molar-refractivity contribution in [3.8, 4) is 0 Å². The number of carboxylic acids is 1. The number of aromatic carboxylic acids is 1. The number of nitrogens with one attached hydrogen (secondary N) is 1. The van der Waals surface area contributed by atoms with E-state index in [9.17, 15) is 4.79 Å². The lowest BCUT2D eigenvalue weighted by atomic mass is 10.5. The number of carboxylic acid groups (broad SMARTS) is 1. The van der Waals surface area contributed by atoms with Crippen molar-refractivity contribution in [1.29, 1.82) is 0 Å². The summed E-state index contributed by atoms with van der Waals surface area (Å²) in [4.78, 5) is 16.1. The number of hydrogen-bond donors (Lipinski definition) is 3. The molecular weight excluding hydrogens is 136 g/mol. The first-order valence-corrected chi connectivity index (χ1v) is 2.62. The van der Waals surface area contributed by atoms with E-state index in [0.717, 1.165) is 6.20 Å². The fourth-order valence-corrected chi connectivity index (χ4v) is 0.552. The van der Waals surface area contributed by atoms with Crippen LogP contribution in [0.5, 0.6) is 0 Å². The number of aromatic nitrogens is 2. The van der Waals surface area contributed by atoms with Crippen molar-refractivity contribution in [3.63, 3.8) is 0 Å². The monoisotopic (exact) mass is 142 g/mol. The second-order valence-electron chi connectivity index (χ2n) is 1.71. The van der Waals surface area contributed by atoms with E-state index in [0.29, 0.717) is 0 Å². The summed E-state index contributed by atoms with van der Waals surface area (Å²) in [6.07, 6.45) is 1.16. The van der Waals surface area contributed by atoms with Gasteiger partial charge in [-0.05, 0) is 0 Å². The highest BCUT2D eigenvalue weighted by molar-refractivity contribution is 5.84. The normalized spacial score (nSPS) is 9.70. The van der Waals surface area contributed by atoms with E-state index in [1.165, 1.54) is 0 Å². The van der Waals surface area contributed by atoms with Gasteiger partial charge >= 0.3 is 5.97 Å². The fraction of sp³-hybridized carbons (Fsp3) is 0.200. The Kier molecular flexibility index (Phi) is 1.68. The molecule has 0 spiro atoms. The lowest BCUT2D eigenvalue weighted by molar-refractivity contribution is 0.0691. The van der Waals surface area contributed by atoms with E-state index in [2.05, 4.69) is 9.97 Å². The maximum absolute atomic E-state index is 10.2. The zero-order valence-electron chi connectivity index (χ0n) is 5.03. The van der Waals surface area contributed by atoms with Crippen LogP contribution in [-0.2, 0) is 6.61 Å². The molecule has 5 heteroatoms. The summed E-state index contributed by atoms with van der Waals surface area (Å²) in [5.74, 6) is -0.815. The number of imidazole rings is 1. The summed E-state index contributed by atoms with van der Waals surface area (Å²) in [7, 11) is 0. The molecule has 0 bridgehead atoms. The van der Waals surface area contributed by atoms with Crippen molar-refractivity contribution in [2.75, 3.05) is 0 Å². The Bertz CT molecular complexity index is 243. The molecule has 54 valence electrons. The van der Waals surface area contributed by atoms with E-state index in [1.807, 2.05) is 0 Å². The molecule has 0 saturated carbocycles. The van der Waals surface area contributed by atoms with Gasteiger partial charge in [0.05, 0.1) is 6.20 Å².